The van der Waals surface area contributed by atoms with E-state index in [4.69, 9.17) is 16.3 Å². The number of phenols is 1. The smallest absolute Gasteiger partial charge is 0.250 e. The molecule has 4 nitrogen and oxygen atoms in total. The van der Waals surface area contributed by atoms with Crippen molar-refractivity contribution in [3.05, 3.63) is 57.5 Å². The highest BCUT2D eigenvalue weighted by atomic mass is 79.9. The van der Waals surface area contributed by atoms with E-state index >= 15 is 0 Å². The second-order valence-corrected chi connectivity index (χ2v) is 5.63. The van der Waals surface area contributed by atoms with Crippen molar-refractivity contribution >= 4 is 39.1 Å². The Hall–Kier alpha value is -1.56. The molecule has 2 aromatic carbocycles. The molecule has 0 unspecified atom stereocenters. The average molecular weight is 371 g/mol. The molecule has 2 rings (SSSR count). The third-order valence-electron chi connectivity index (χ3n) is 2.65. The van der Waals surface area contributed by atoms with Crippen molar-refractivity contribution in [2.75, 3.05) is 11.9 Å². The van der Waals surface area contributed by atoms with Gasteiger partial charge in [-0.05, 0) is 17.7 Å². The molecule has 6 heteroatoms. The summed E-state index contributed by atoms with van der Waals surface area (Å²) in [4.78, 5) is 11.8. The van der Waals surface area contributed by atoms with Gasteiger partial charge in [-0.1, -0.05) is 57.9 Å². The van der Waals surface area contributed by atoms with Gasteiger partial charge in [0.15, 0.2) is 5.75 Å². The highest BCUT2D eigenvalue weighted by Gasteiger charge is 2.11. The summed E-state index contributed by atoms with van der Waals surface area (Å²) in [5.41, 5.74) is 1.22. The lowest BCUT2D eigenvalue weighted by molar-refractivity contribution is -0.121. The SMILES string of the molecule is O=C(COCc1ccccc1)Nc1cc(Br)cc(Cl)c1O. The maximum atomic E-state index is 11.8. The van der Waals surface area contributed by atoms with E-state index < -0.39 is 0 Å². The van der Waals surface area contributed by atoms with Crippen molar-refractivity contribution < 1.29 is 14.6 Å². The Morgan fingerprint density at radius 3 is 2.71 bits per heavy atom. The van der Waals surface area contributed by atoms with Crippen molar-refractivity contribution in [3.63, 3.8) is 0 Å². The molecule has 1 amide bonds. The van der Waals surface area contributed by atoms with Crippen molar-refractivity contribution in [1.29, 1.82) is 0 Å². The Labute approximate surface area is 135 Å². The summed E-state index contributed by atoms with van der Waals surface area (Å²) in [6.07, 6.45) is 0. The second kappa shape index (κ2) is 7.45. The van der Waals surface area contributed by atoms with E-state index in [2.05, 4.69) is 21.2 Å². The van der Waals surface area contributed by atoms with E-state index in [1.807, 2.05) is 30.3 Å². The van der Waals surface area contributed by atoms with Crippen molar-refractivity contribution in [3.8, 4) is 5.75 Å². The number of anilines is 1. The molecule has 0 aromatic heterocycles. The number of benzene rings is 2. The lowest BCUT2D eigenvalue weighted by Gasteiger charge is -2.09. The summed E-state index contributed by atoms with van der Waals surface area (Å²) in [7, 11) is 0. The van der Waals surface area contributed by atoms with Crippen molar-refractivity contribution in [2.24, 2.45) is 0 Å². The third kappa shape index (κ3) is 4.74. The highest BCUT2D eigenvalue weighted by Crippen LogP contribution is 2.35. The van der Waals surface area contributed by atoms with Crippen molar-refractivity contribution in [2.45, 2.75) is 6.61 Å². The maximum absolute atomic E-state index is 11.8. The number of ether oxygens (including phenoxy) is 1. The van der Waals surface area contributed by atoms with Crippen LogP contribution in [0.5, 0.6) is 5.75 Å². The van der Waals surface area contributed by atoms with Crippen LogP contribution in [-0.4, -0.2) is 17.6 Å². The zero-order valence-corrected chi connectivity index (χ0v) is 13.3. The molecule has 21 heavy (non-hydrogen) atoms. The molecule has 0 fully saturated rings. The van der Waals surface area contributed by atoms with Gasteiger partial charge in [0.2, 0.25) is 5.91 Å². The largest absolute Gasteiger partial charge is 0.504 e. The summed E-state index contributed by atoms with van der Waals surface area (Å²) in [5, 5.41) is 12.5. The summed E-state index contributed by atoms with van der Waals surface area (Å²) >= 11 is 9.07. The number of aromatic hydroxyl groups is 1. The fraction of sp³-hybridized carbons (Fsp3) is 0.133. The molecule has 0 saturated carbocycles. The first-order valence-electron chi connectivity index (χ1n) is 6.16. The third-order valence-corrected chi connectivity index (χ3v) is 3.39. The summed E-state index contributed by atoms with van der Waals surface area (Å²) < 4.78 is 5.97. The van der Waals surface area contributed by atoms with E-state index in [0.717, 1.165) is 5.56 Å². The van der Waals surface area contributed by atoms with Gasteiger partial charge < -0.3 is 15.2 Å². The Bertz CT molecular complexity index is 634. The van der Waals surface area contributed by atoms with Gasteiger partial charge in [0, 0.05) is 4.47 Å². The molecule has 2 N–H and O–H groups in total. The lowest BCUT2D eigenvalue weighted by Crippen LogP contribution is -2.18. The van der Waals surface area contributed by atoms with Gasteiger partial charge >= 0.3 is 0 Å². The number of hydrogen-bond acceptors (Lipinski definition) is 3. The van der Waals surface area contributed by atoms with Gasteiger partial charge in [-0.25, -0.2) is 0 Å². The summed E-state index contributed by atoms with van der Waals surface area (Å²) in [6.45, 7) is 0.234. The molecule has 0 aliphatic carbocycles. The second-order valence-electron chi connectivity index (χ2n) is 4.31. The number of phenolic OH excluding ortho intramolecular Hbond substituents is 1. The van der Waals surface area contributed by atoms with Crippen LogP contribution in [0.15, 0.2) is 46.9 Å². The van der Waals surface area contributed by atoms with E-state index in [1.54, 1.807) is 12.1 Å². The van der Waals surface area contributed by atoms with E-state index in [-0.39, 0.29) is 29.0 Å². The van der Waals surface area contributed by atoms with Gasteiger partial charge in [0.25, 0.3) is 0 Å². The molecule has 0 aliphatic rings. The zero-order valence-electron chi connectivity index (χ0n) is 11.0. The van der Waals surface area contributed by atoms with Crippen LogP contribution in [0.1, 0.15) is 5.56 Å². The van der Waals surface area contributed by atoms with Crippen LogP contribution in [0, 0.1) is 0 Å². The predicted octanol–water partition coefficient (Wildman–Crippen LogP) is 3.96. The molecule has 2 aromatic rings. The molecule has 0 radical (unpaired) electrons. The molecule has 0 saturated heterocycles. The fourth-order valence-electron chi connectivity index (χ4n) is 1.68. The standard InChI is InChI=1S/C15H13BrClNO3/c16-11-6-12(17)15(20)13(7-11)18-14(19)9-21-8-10-4-2-1-3-5-10/h1-7,20H,8-9H2,(H,18,19). The first-order valence-corrected chi connectivity index (χ1v) is 7.33. The van der Waals surface area contributed by atoms with Gasteiger partial charge in [-0.15, -0.1) is 0 Å². The minimum absolute atomic E-state index is 0.113. The van der Waals surface area contributed by atoms with E-state index in [0.29, 0.717) is 11.1 Å². The monoisotopic (exact) mass is 369 g/mol. The van der Waals surface area contributed by atoms with Crippen LogP contribution < -0.4 is 5.32 Å². The van der Waals surface area contributed by atoms with Gasteiger partial charge in [-0.2, -0.15) is 0 Å². The maximum Gasteiger partial charge on any atom is 0.250 e. The first-order chi connectivity index (χ1) is 10.1. The molecule has 0 aliphatic heterocycles. The topological polar surface area (TPSA) is 58.6 Å². The Balaban J connectivity index is 1.88. The van der Waals surface area contributed by atoms with Crippen LogP contribution in [0.25, 0.3) is 0 Å². The number of amides is 1. The molecule has 0 atom stereocenters. The predicted molar refractivity (Wildman–Crippen MR) is 85.5 cm³/mol. The molecule has 0 bridgehead atoms. The van der Waals surface area contributed by atoms with Crippen LogP contribution in [0.4, 0.5) is 5.69 Å². The van der Waals surface area contributed by atoms with Crippen LogP contribution in [0.3, 0.4) is 0 Å². The van der Waals surface area contributed by atoms with Crippen LogP contribution >= 0.6 is 27.5 Å². The number of rotatable bonds is 5. The quantitative estimate of drug-likeness (QED) is 0.783. The summed E-state index contributed by atoms with van der Waals surface area (Å²) in [5.74, 6) is -0.535. The van der Waals surface area contributed by atoms with E-state index in [9.17, 15) is 9.90 Å². The molecule has 110 valence electrons. The number of halogens is 2. The van der Waals surface area contributed by atoms with Crippen LogP contribution in [0.2, 0.25) is 5.02 Å². The van der Waals surface area contributed by atoms with Crippen LogP contribution in [-0.2, 0) is 16.1 Å². The van der Waals surface area contributed by atoms with E-state index in [1.165, 1.54) is 0 Å². The normalized spacial score (nSPS) is 10.4. The molecular weight excluding hydrogens is 358 g/mol. The number of carbonyl (C=O) groups is 1. The Kier molecular flexibility index (Phi) is 5.61. The van der Waals surface area contributed by atoms with Gasteiger partial charge in [0.05, 0.1) is 17.3 Å². The Morgan fingerprint density at radius 2 is 2.00 bits per heavy atom. The number of hydrogen-bond donors (Lipinski definition) is 2. The first kappa shape index (κ1) is 15.8. The van der Waals surface area contributed by atoms with Gasteiger partial charge in [-0.3, -0.25) is 4.79 Å². The highest BCUT2D eigenvalue weighted by molar-refractivity contribution is 9.10. The zero-order chi connectivity index (χ0) is 15.2. The minimum Gasteiger partial charge on any atom is -0.504 e. The number of nitrogens with one attached hydrogen (secondary N) is 1. The lowest BCUT2D eigenvalue weighted by atomic mass is 10.2. The molecule has 0 spiro atoms. The van der Waals surface area contributed by atoms with Gasteiger partial charge in [0.1, 0.15) is 6.61 Å². The average Bonchev–Trinajstić information content (AvgIpc) is 2.45. The molecular formula is C15H13BrClNO3. The minimum atomic E-state index is -0.365. The number of carbonyl (C=O) groups excluding carboxylic acids is 1. The Morgan fingerprint density at radius 1 is 1.29 bits per heavy atom. The molecule has 0 heterocycles. The van der Waals surface area contributed by atoms with Crippen molar-refractivity contribution in [1.82, 2.24) is 0 Å². The summed E-state index contributed by atoms with van der Waals surface area (Å²) in [6, 6.07) is 12.7. The fourth-order valence-corrected chi connectivity index (χ4v) is 2.49.